The van der Waals surface area contributed by atoms with Crippen molar-refractivity contribution < 1.29 is 9.53 Å². The molecule has 0 atom stereocenters. The molecule has 2 rings (SSSR count). The van der Waals surface area contributed by atoms with Crippen LogP contribution >= 0.6 is 0 Å². The van der Waals surface area contributed by atoms with E-state index in [2.05, 4.69) is 17.2 Å². The number of benzene rings is 1. The molecule has 0 unspecified atom stereocenters. The van der Waals surface area contributed by atoms with E-state index in [0.29, 0.717) is 13.0 Å². The summed E-state index contributed by atoms with van der Waals surface area (Å²) in [6.45, 7) is 2.61. The molecule has 0 saturated carbocycles. The van der Waals surface area contributed by atoms with E-state index in [-0.39, 0.29) is 5.91 Å². The van der Waals surface area contributed by atoms with Crippen molar-refractivity contribution in [1.82, 2.24) is 9.55 Å². The average Bonchev–Trinajstić information content (AvgIpc) is 2.99. The van der Waals surface area contributed by atoms with Crippen molar-refractivity contribution in [2.45, 2.75) is 52.1 Å². The molecular formula is C19H27N3O2. The summed E-state index contributed by atoms with van der Waals surface area (Å²) in [6, 6.07) is 7.45. The van der Waals surface area contributed by atoms with Crippen LogP contribution in [-0.4, -0.2) is 15.5 Å². The Balaban J connectivity index is 1.71. The molecule has 1 aromatic carbocycles. The number of amides is 1. The van der Waals surface area contributed by atoms with Crippen LogP contribution in [0.2, 0.25) is 0 Å². The van der Waals surface area contributed by atoms with Crippen LogP contribution in [0.5, 0.6) is 5.75 Å². The van der Waals surface area contributed by atoms with E-state index in [1.165, 1.54) is 19.3 Å². The topological polar surface area (TPSA) is 56.1 Å². The highest BCUT2D eigenvalue weighted by atomic mass is 16.5. The molecule has 24 heavy (non-hydrogen) atoms. The largest absolute Gasteiger partial charge is 0.486 e. The summed E-state index contributed by atoms with van der Waals surface area (Å²) in [4.78, 5) is 16.1. The fraction of sp³-hybridized carbons (Fsp3) is 0.474. The van der Waals surface area contributed by atoms with Gasteiger partial charge in [-0.05, 0) is 30.7 Å². The number of hydrogen-bond donors (Lipinski definition) is 1. The summed E-state index contributed by atoms with van der Waals surface area (Å²) in [5, 5.41) is 2.93. The SMILES string of the molecule is CCCCCCCC(=O)Nc1ccc(OCc2nccn2C)cc1. The number of anilines is 1. The molecule has 130 valence electrons. The van der Waals surface area contributed by atoms with Crippen LogP contribution in [0, 0.1) is 0 Å². The molecular weight excluding hydrogens is 302 g/mol. The first-order chi connectivity index (χ1) is 11.7. The summed E-state index contributed by atoms with van der Waals surface area (Å²) in [6.07, 6.45) is 9.99. The first-order valence-electron chi connectivity index (χ1n) is 8.68. The zero-order chi connectivity index (χ0) is 17.2. The highest BCUT2D eigenvalue weighted by Crippen LogP contribution is 2.17. The Morgan fingerprint density at radius 1 is 1.17 bits per heavy atom. The third-order valence-corrected chi connectivity index (χ3v) is 3.93. The normalized spacial score (nSPS) is 10.6. The maximum absolute atomic E-state index is 11.9. The number of aryl methyl sites for hydroxylation is 1. The molecule has 1 amide bonds. The van der Waals surface area contributed by atoms with Gasteiger partial charge in [-0.1, -0.05) is 32.6 Å². The minimum atomic E-state index is 0.0770. The highest BCUT2D eigenvalue weighted by molar-refractivity contribution is 5.90. The zero-order valence-electron chi connectivity index (χ0n) is 14.6. The number of aromatic nitrogens is 2. The van der Waals surface area contributed by atoms with Crippen LogP contribution in [0.1, 0.15) is 51.3 Å². The Morgan fingerprint density at radius 3 is 2.58 bits per heavy atom. The van der Waals surface area contributed by atoms with Crippen LogP contribution in [0.3, 0.4) is 0 Å². The Bertz CT molecular complexity index is 620. The van der Waals surface area contributed by atoms with Crippen LogP contribution in [-0.2, 0) is 18.4 Å². The molecule has 0 aliphatic rings. The second-order valence-electron chi connectivity index (χ2n) is 5.98. The van der Waals surface area contributed by atoms with Gasteiger partial charge in [0, 0.05) is 31.5 Å². The van der Waals surface area contributed by atoms with E-state index in [1.54, 1.807) is 6.20 Å². The van der Waals surface area contributed by atoms with Gasteiger partial charge in [0.2, 0.25) is 5.91 Å². The van der Waals surface area contributed by atoms with E-state index < -0.39 is 0 Å². The summed E-state index contributed by atoms with van der Waals surface area (Å²) < 4.78 is 7.62. The van der Waals surface area contributed by atoms with Gasteiger partial charge in [-0.3, -0.25) is 4.79 Å². The molecule has 1 heterocycles. The number of nitrogens with zero attached hydrogens (tertiary/aromatic N) is 2. The number of rotatable bonds is 10. The van der Waals surface area contributed by atoms with E-state index in [0.717, 1.165) is 30.1 Å². The quantitative estimate of drug-likeness (QED) is 0.661. The predicted molar refractivity (Wildman–Crippen MR) is 96.0 cm³/mol. The molecule has 0 radical (unpaired) electrons. The Hall–Kier alpha value is -2.30. The van der Waals surface area contributed by atoms with Gasteiger partial charge in [0.1, 0.15) is 18.2 Å². The summed E-state index contributed by atoms with van der Waals surface area (Å²) in [7, 11) is 1.94. The Kier molecular flexibility index (Phi) is 7.33. The zero-order valence-corrected chi connectivity index (χ0v) is 14.6. The van der Waals surface area contributed by atoms with Gasteiger partial charge < -0.3 is 14.6 Å². The molecule has 5 heteroatoms. The number of hydrogen-bond acceptors (Lipinski definition) is 3. The summed E-state index contributed by atoms with van der Waals surface area (Å²) >= 11 is 0. The lowest BCUT2D eigenvalue weighted by molar-refractivity contribution is -0.116. The lowest BCUT2D eigenvalue weighted by atomic mass is 10.1. The number of imidazole rings is 1. The molecule has 2 aromatic rings. The lowest BCUT2D eigenvalue weighted by Gasteiger charge is -2.08. The second-order valence-corrected chi connectivity index (χ2v) is 5.98. The average molecular weight is 329 g/mol. The van der Waals surface area contributed by atoms with Crippen molar-refractivity contribution in [3.63, 3.8) is 0 Å². The predicted octanol–water partition coefficient (Wildman–Crippen LogP) is 4.30. The maximum atomic E-state index is 11.9. The van der Waals surface area contributed by atoms with Crippen molar-refractivity contribution >= 4 is 11.6 Å². The summed E-state index contributed by atoms with van der Waals surface area (Å²) in [5.41, 5.74) is 0.804. The van der Waals surface area contributed by atoms with Crippen LogP contribution in [0.15, 0.2) is 36.7 Å². The van der Waals surface area contributed by atoms with E-state index in [9.17, 15) is 4.79 Å². The van der Waals surface area contributed by atoms with Gasteiger partial charge in [-0.15, -0.1) is 0 Å². The molecule has 0 aliphatic heterocycles. The van der Waals surface area contributed by atoms with Crippen LogP contribution < -0.4 is 10.1 Å². The minimum Gasteiger partial charge on any atom is -0.486 e. The first kappa shape index (κ1) is 18.0. The molecule has 1 N–H and O–H groups in total. The van der Waals surface area contributed by atoms with Gasteiger partial charge in [0.15, 0.2) is 0 Å². The maximum Gasteiger partial charge on any atom is 0.224 e. The Morgan fingerprint density at radius 2 is 1.92 bits per heavy atom. The standard InChI is InChI=1S/C19H27N3O2/c1-3-4-5-6-7-8-19(23)21-16-9-11-17(12-10-16)24-15-18-20-13-14-22(18)2/h9-14H,3-8,15H2,1-2H3,(H,21,23). The monoisotopic (exact) mass is 329 g/mol. The van der Waals surface area contributed by atoms with Crippen molar-refractivity contribution in [2.75, 3.05) is 5.32 Å². The van der Waals surface area contributed by atoms with Gasteiger partial charge in [0.25, 0.3) is 0 Å². The van der Waals surface area contributed by atoms with Crippen molar-refractivity contribution in [2.24, 2.45) is 7.05 Å². The lowest BCUT2D eigenvalue weighted by Crippen LogP contribution is -2.11. The number of carbonyl (C=O) groups is 1. The smallest absolute Gasteiger partial charge is 0.224 e. The summed E-state index contributed by atoms with van der Waals surface area (Å²) in [5.74, 6) is 1.71. The molecule has 5 nitrogen and oxygen atoms in total. The number of ether oxygens (including phenoxy) is 1. The van der Waals surface area contributed by atoms with E-state index >= 15 is 0 Å². The third-order valence-electron chi connectivity index (χ3n) is 3.93. The van der Waals surface area contributed by atoms with Crippen LogP contribution in [0.25, 0.3) is 0 Å². The van der Waals surface area contributed by atoms with Crippen molar-refractivity contribution in [1.29, 1.82) is 0 Å². The molecule has 0 bridgehead atoms. The fourth-order valence-corrected chi connectivity index (χ4v) is 2.43. The minimum absolute atomic E-state index is 0.0770. The Labute approximate surface area is 144 Å². The molecule has 0 spiro atoms. The number of unbranched alkanes of at least 4 members (excludes halogenated alkanes) is 4. The van der Waals surface area contributed by atoms with Crippen molar-refractivity contribution in [3.05, 3.63) is 42.5 Å². The highest BCUT2D eigenvalue weighted by Gasteiger charge is 2.04. The van der Waals surface area contributed by atoms with Gasteiger partial charge in [-0.25, -0.2) is 4.98 Å². The molecule has 1 aromatic heterocycles. The first-order valence-corrected chi connectivity index (χ1v) is 8.68. The molecule has 0 fully saturated rings. The van der Waals surface area contributed by atoms with E-state index in [4.69, 9.17) is 4.74 Å². The van der Waals surface area contributed by atoms with Gasteiger partial charge >= 0.3 is 0 Å². The van der Waals surface area contributed by atoms with Crippen LogP contribution in [0.4, 0.5) is 5.69 Å². The molecule has 0 aliphatic carbocycles. The third kappa shape index (κ3) is 6.07. The second kappa shape index (κ2) is 9.75. The number of carbonyl (C=O) groups excluding carboxylic acids is 1. The molecule has 0 saturated heterocycles. The fourth-order valence-electron chi connectivity index (χ4n) is 2.43. The van der Waals surface area contributed by atoms with Gasteiger partial charge in [-0.2, -0.15) is 0 Å². The van der Waals surface area contributed by atoms with Gasteiger partial charge in [0.05, 0.1) is 0 Å². The van der Waals surface area contributed by atoms with Crippen molar-refractivity contribution in [3.8, 4) is 5.75 Å². The number of nitrogens with one attached hydrogen (secondary N) is 1. The van der Waals surface area contributed by atoms with E-state index in [1.807, 2.05) is 42.1 Å².